The Morgan fingerprint density at radius 3 is 2.57 bits per heavy atom. The van der Waals surface area contributed by atoms with Crippen LogP contribution in [0.4, 0.5) is 11.4 Å². The fraction of sp³-hybridized carbons (Fsp3) is 0.364. The van der Waals surface area contributed by atoms with Crippen molar-refractivity contribution in [3.8, 4) is 0 Å². The number of hydrogen-bond acceptors (Lipinski definition) is 6. The summed E-state index contributed by atoms with van der Waals surface area (Å²) in [5.74, 6) is -1.20. The maximum atomic E-state index is 12.3. The second-order valence-corrected chi connectivity index (χ2v) is 7.30. The maximum Gasteiger partial charge on any atom is 0.338 e. The third-order valence-corrected chi connectivity index (χ3v) is 4.82. The lowest BCUT2D eigenvalue weighted by atomic mass is 10.0. The van der Waals surface area contributed by atoms with Gasteiger partial charge in [-0.05, 0) is 37.0 Å². The summed E-state index contributed by atoms with van der Waals surface area (Å²) in [6.45, 7) is 1.57. The van der Waals surface area contributed by atoms with Crippen molar-refractivity contribution in [2.75, 3.05) is 11.9 Å². The van der Waals surface area contributed by atoms with E-state index in [9.17, 15) is 19.7 Å². The molecular formula is C22H25N3O5. The fourth-order valence-corrected chi connectivity index (χ4v) is 3.13. The molecule has 1 fully saturated rings. The summed E-state index contributed by atoms with van der Waals surface area (Å²) in [7, 11) is 0. The summed E-state index contributed by atoms with van der Waals surface area (Å²) in [4.78, 5) is 35.4. The smallest absolute Gasteiger partial charge is 0.338 e. The second-order valence-electron chi connectivity index (χ2n) is 7.30. The molecule has 3 rings (SSSR count). The van der Waals surface area contributed by atoms with Crippen LogP contribution in [-0.4, -0.2) is 29.4 Å². The number of amides is 1. The summed E-state index contributed by atoms with van der Waals surface area (Å²) < 4.78 is 5.08. The van der Waals surface area contributed by atoms with Gasteiger partial charge in [0.15, 0.2) is 6.61 Å². The van der Waals surface area contributed by atoms with Crippen LogP contribution >= 0.6 is 0 Å². The predicted molar refractivity (Wildman–Crippen MR) is 112 cm³/mol. The first-order chi connectivity index (χ1) is 14.5. The van der Waals surface area contributed by atoms with Gasteiger partial charge in [0, 0.05) is 12.1 Å². The van der Waals surface area contributed by atoms with E-state index in [1.54, 1.807) is 0 Å². The minimum atomic E-state index is -0.780. The van der Waals surface area contributed by atoms with Crippen LogP contribution in [0.2, 0.25) is 0 Å². The molecule has 30 heavy (non-hydrogen) atoms. The summed E-state index contributed by atoms with van der Waals surface area (Å²) >= 11 is 0. The number of anilines is 1. The summed E-state index contributed by atoms with van der Waals surface area (Å²) in [5.41, 5.74) is 1.20. The van der Waals surface area contributed by atoms with E-state index in [2.05, 4.69) is 10.6 Å². The van der Waals surface area contributed by atoms with Gasteiger partial charge >= 0.3 is 5.97 Å². The number of carbonyl (C=O) groups excluding carboxylic acids is 2. The third kappa shape index (κ3) is 5.79. The van der Waals surface area contributed by atoms with Gasteiger partial charge < -0.3 is 15.4 Å². The minimum absolute atomic E-state index is 0.0315. The Hall–Kier alpha value is -3.42. The van der Waals surface area contributed by atoms with Crippen molar-refractivity contribution in [2.45, 2.75) is 44.7 Å². The molecule has 0 unspecified atom stereocenters. The molecule has 0 aliphatic heterocycles. The van der Waals surface area contributed by atoms with Gasteiger partial charge in [-0.1, -0.05) is 43.7 Å². The number of hydrogen-bond donors (Lipinski definition) is 2. The molecule has 158 valence electrons. The number of nitro benzene ring substituents is 1. The lowest BCUT2D eigenvalue weighted by Crippen LogP contribution is -2.32. The van der Waals surface area contributed by atoms with E-state index in [-0.39, 0.29) is 23.3 Å². The first kappa shape index (κ1) is 21.3. The van der Waals surface area contributed by atoms with Crippen LogP contribution in [0.5, 0.6) is 0 Å². The largest absolute Gasteiger partial charge is 0.452 e. The number of nitrogens with zero attached hydrogens (tertiary/aromatic N) is 1. The number of benzene rings is 2. The Bertz CT molecular complexity index is 912. The molecule has 8 nitrogen and oxygen atoms in total. The van der Waals surface area contributed by atoms with Crippen molar-refractivity contribution in [1.29, 1.82) is 0 Å². The number of esters is 1. The zero-order valence-corrected chi connectivity index (χ0v) is 16.8. The lowest BCUT2D eigenvalue weighted by Gasteiger charge is -2.18. The highest BCUT2D eigenvalue weighted by atomic mass is 16.6. The van der Waals surface area contributed by atoms with Gasteiger partial charge in [-0.15, -0.1) is 0 Å². The van der Waals surface area contributed by atoms with Gasteiger partial charge in [0.05, 0.1) is 16.5 Å². The minimum Gasteiger partial charge on any atom is -0.452 e. The Morgan fingerprint density at radius 2 is 1.93 bits per heavy atom. The SMILES string of the molecule is CCC[C@@H](NC(=O)COC(=O)c1ccc(NC2CC2)c([N+](=O)[O-])c1)c1ccccc1. The van der Waals surface area contributed by atoms with Crippen LogP contribution in [0.25, 0.3) is 0 Å². The summed E-state index contributed by atoms with van der Waals surface area (Å²) in [6, 6.07) is 13.8. The molecule has 1 aliphatic carbocycles. The molecule has 0 aromatic heterocycles. The van der Waals surface area contributed by atoms with Crippen molar-refractivity contribution >= 4 is 23.3 Å². The lowest BCUT2D eigenvalue weighted by molar-refractivity contribution is -0.384. The van der Waals surface area contributed by atoms with Crippen molar-refractivity contribution in [1.82, 2.24) is 5.32 Å². The number of nitrogens with one attached hydrogen (secondary N) is 2. The van der Waals surface area contributed by atoms with Crippen LogP contribution in [0, 0.1) is 10.1 Å². The molecule has 2 N–H and O–H groups in total. The van der Waals surface area contributed by atoms with Crippen molar-refractivity contribution in [3.63, 3.8) is 0 Å². The molecule has 1 amide bonds. The van der Waals surface area contributed by atoms with Gasteiger partial charge in [-0.2, -0.15) is 0 Å². The molecule has 0 heterocycles. The third-order valence-electron chi connectivity index (χ3n) is 4.82. The molecule has 1 aliphatic rings. The highest BCUT2D eigenvalue weighted by Gasteiger charge is 2.26. The van der Waals surface area contributed by atoms with Gasteiger partial charge in [0.2, 0.25) is 0 Å². The zero-order chi connectivity index (χ0) is 21.5. The zero-order valence-electron chi connectivity index (χ0n) is 16.8. The second kappa shape index (κ2) is 9.87. The number of ether oxygens (including phenoxy) is 1. The van der Waals surface area contributed by atoms with Gasteiger partial charge in [-0.3, -0.25) is 14.9 Å². The van der Waals surface area contributed by atoms with E-state index in [4.69, 9.17) is 4.74 Å². The maximum absolute atomic E-state index is 12.3. The quantitative estimate of drug-likeness (QED) is 0.348. The first-order valence-corrected chi connectivity index (χ1v) is 10.0. The van der Waals surface area contributed by atoms with Gasteiger partial charge in [0.25, 0.3) is 11.6 Å². The average Bonchev–Trinajstić information content (AvgIpc) is 3.56. The molecule has 1 saturated carbocycles. The van der Waals surface area contributed by atoms with E-state index in [1.165, 1.54) is 18.2 Å². The van der Waals surface area contributed by atoms with Crippen LogP contribution in [-0.2, 0) is 9.53 Å². The van der Waals surface area contributed by atoms with E-state index in [0.29, 0.717) is 5.69 Å². The molecule has 2 aromatic carbocycles. The predicted octanol–water partition coefficient (Wildman–Crippen LogP) is 3.98. The molecule has 2 aromatic rings. The van der Waals surface area contributed by atoms with Crippen molar-refractivity contribution in [2.24, 2.45) is 0 Å². The molecule has 0 spiro atoms. The first-order valence-electron chi connectivity index (χ1n) is 10.0. The Morgan fingerprint density at radius 1 is 1.20 bits per heavy atom. The molecule has 1 atom stereocenters. The van der Waals surface area contributed by atoms with Gasteiger partial charge in [-0.25, -0.2) is 4.79 Å². The fourth-order valence-electron chi connectivity index (χ4n) is 3.13. The van der Waals surface area contributed by atoms with E-state index < -0.39 is 23.4 Å². The topological polar surface area (TPSA) is 111 Å². The van der Waals surface area contributed by atoms with Gasteiger partial charge in [0.1, 0.15) is 5.69 Å². The normalized spacial score (nSPS) is 13.9. The van der Waals surface area contributed by atoms with E-state index in [1.807, 2.05) is 37.3 Å². The standard InChI is InChI=1S/C22H25N3O5/c1-2-6-18(15-7-4-3-5-8-15)24-21(26)14-30-22(27)16-9-12-19(23-17-10-11-17)20(13-16)25(28)29/h3-5,7-9,12-13,17-18,23H,2,6,10-11,14H2,1H3,(H,24,26)/t18-/m1/s1. The molecule has 0 bridgehead atoms. The van der Waals surface area contributed by atoms with E-state index >= 15 is 0 Å². The highest BCUT2D eigenvalue weighted by Crippen LogP contribution is 2.31. The van der Waals surface area contributed by atoms with E-state index in [0.717, 1.165) is 31.2 Å². The summed E-state index contributed by atoms with van der Waals surface area (Å²) in [6.07, 6.45) is 3.58. The van der Waals surface area contributed by atoms with Crippen LogP contribution in [0.3, 0.4) is 0 Å². The highest BCUT2D eigenvalue weighted by molar-refractivity contribution is 5.93. The number of nitro groups is 1. The summed E-state index contributed by atoms with van der Waals surface area (Å²) in [5, 5.41) is 17.3. The van der Waals surface area contributed by atoms with Crippen LogP contribution < -0.4 is 10.6 Å². The Balaban J connectivity index is 1.59. The molecule has 0 saturated heterocycles. The Labute approximate surface area is 174 Å². The Kier molecular flexibility index (Phi) is 7.00. The number of carbonyl (C=O) groups is 2. The van der Waals surface area contributed by atoms with Crippen LogP contribution in [0.15, 0.2) is 48.5 Å². The molecule has 0 radical (unpaired) electrons. The van der Waals surface area contributed by atoms with Crippen molar-refractivity contribution in [3.05, 3.63) is 69.8 Å². The average molecular weight is 411 g/mol. The molecule has 8 heteroatoms. The van der Waals surface area contributed by atoms with Crippen molar-refractivity contribution < 1.29 is 19.2 Å². The van der Waals surface area contributed by atoms with Crippen LogP contribution in [0.1, 0.15) is 54.6 Å². The monoisotopic (exact) mass is 411 g/mol. The molecular weight excluding hydrogens is 386 g/mol. The number of rotatable bonds is 10.